The summed E-state index contributed by atoms with van der Waals surface area (Å²) in [6.45, 7) is 1.18. The van der Waals surface area contributed by atoms with Gasteiger partial charge in [-0.3, -0.25) is 14.2 Å². The van der Waals surface area contributed by atoms with E-state index < -0.39 is 0 Å². The maximum absolute atomic E-state index is 13.4. The van der Waals surface area contributed by atoms with E-state index in [1.165, 1.54) is 11.7 Å². The summed E-state index contributed by atoms with van der Waals surface area (Å²) in [6.07, 6.45) is 0.702. The van der Waals surface area contributed by atoms with Gasteiger partial charge in [-0.05, 0) is 25.2 Å². The summed E-state index contributed by atoms with van der Waals surface area (Å²) < 4.78 is 6.74. The highest BCUT2D eigenvalue weighted by atomic mass is 35.5. The van der Waals surface area contributed by atoms with Gasteiger partial charge in [0.1, 0.15) is 18.1 Å². The molecule has 4 rings (SSSR count). The zero-order valence-corrected chi connectivity index (χ0v) is 18.1. The van der Waals surface area contributed by atoms with Crippen LogP contribution in [-0.4, -0.2) is 41.1 Å². The third-order valence-electron chi connectivity index (χ3n) is 5.28. The van der Waals surface area contributed by atoms with Crippen LogP contribution in [0.1, 0.15) is 11.3 Å². The van der Waals surface area contributed by atoms with Crippen molar-refractivity contribution in [3.05, 3.63) is 75.2 Å². The number of hydrogen-bond donors (Lipinski definition) is 1. The number of halogens is 1. The van der Waals surface area contributed by atoms with Crippen molar-refractivity contribution in [2.45, 2.75) is 19.5 Å². The molecule has 0 unspecified atom stereocenters. The van der Waals surface area contributed by atoms with Crippen molar-refractivity contribution in [3.8, 4) is 17.1 Å². The van der Waals surface area contributed by atoms with Crippen LogP contribution in [0.5, 0.6) is 5.75 Å². The Hall–Kier alpha value is -3.16. The number of carbonyl (C=O) groups excluding carboxylic acids is 1. The summed E-state index contributed by atoms with van der Waals surface area (Å²) in [5, 5.41) is 3.27. The van der Waals surface area contributed by atoms with Gasteiger partial charge in [-0.2, -0.15) is 0 Å². The summed E-state index contributed by atoms with van der Waals surface area (Å²) in [7, 11) is 3.48. The highest BCUT2D eigenvalue weighted by Gasteiger charge is 2.23. The molecule has 2 aromatic carbocycles. The number of fused-ring (bicyclic) bond motifs is 1. The summed E-state index contributed by atoms with van der Waals surface area (Å²) in [5.74, 6) is 0.603. The molecule has 0 aliphatic carbocycles. The molecule has 8 heteroatoms. The number of anilines is 1. The van der Waals surface area contributed by atoms with Crippen molar-refractivity contribution in [1.29, 1.82) is 0 Å². The largest absolute Gasteiger partial charge is 0.495 e. The quantitative estimate of drug-likeness (QED) is 0.662. The zero-order chi connectivity index (χ0) is 22.0. The molecule has 1 aromatic heterocycles. The number of aromatic nitrogens is 2. The van der Waals surface area contributed by atoms with Gasteiger partial charge in [0.2, 0.25) is 5.91 Å². The molecule has 0 spiro atoms. The molecule has 0 saturated heterocycles. The average molecular weight is 439 g/mol. The third-order valence-corrected chi connectivity index (χ3v) is 5.51. The van der Waals surface area contributed by atoms with Crippen LogP contribution in [-0.2, 0) is 24.3 Å². The van der Waals surface area contributed by atoms with E-state index in [2.05, 4.69) is 10.2 Å². The lowest BCUT2D eigenvalue weighted by Crippen LogP contribution is -2.38. The minimum atomic E-state index is -0.370. The number of nitrogens with one attached hydrogen (secondary N) is 1. The fourth-order valence-electron chi connectivity index (χ4n) is 3.72. The number of ether oxygens (including phenoxy) is 1. The van der Waals surface area contributed by atoms with Crippen LogP contribution in [0.3, 0.4) is 0 Å². The highest BCUT2D eigenvalue weighted by Crippen LogP contribution is 2.28. The van der Waals surface area contributed by atoms with Crippen LogP contribution in [0.25, 0.3) is 11.4 Å². The Kier molecular flexibility index (Phi) is 6.06. The van der Waals surface area contributed by atoms with Crippen molar-refractivity contribution in [2.75, 3.05) is 26.0 Å². The van der Waals surface area contributed by atoms with Crippen LogP contribution >= 0.6 is 11.6 Å². The number of benzene rings is 2. The fourth-order valence-corrected chi connectivity index (χ4v) is 3.89. The Labute approximate surface area is 185 Å². The monoisotopic (exact) mass is 438 g/mol. The average Bonchev–Trinajstić information content (AvgIpc) is 2.77. The van der Waals surface area contributed by atoms with Crippen LogP contribution in [0.15, 0.2) is 53.3 Å². The first kappa shape index (κ1) is 21.1. The van der Waals surface area contributed by atoms with Gasteiger partial charge in [-0.1, -0.05) is 41.9 Å². The van der Waals surface area contributed by atoms with E-state index in [1.54, 1.807) is 18.2 Å². The van der Waals surface area contributed by atoms with Crippen molar-refractivity contribution in [3.63, 3.8) is 0 Å². The van der Waals surface area contributed by atoms with Gasteiger partial charge < -0.3 is 15.0 Å². The Morgan fingerprint density at radius 1 is 1.23 bits per heavy atom. The maximum Gasteiger partial charge on any atom is 0.259 e. The van der Waals surface area contributed by atoms with Gasteiger partial charge >= 0.3 is 0 Å². The highest BCUT2D eigenvalue weighted by molar-refractivity contribution is 6.31. The Morgan fingerprint density at radius 2 is 2.00 bits per heavy atom. The lowest BCUT2D eigenvalue weighted by Gasteiger charge is -2.25. The predicted molar refractivity (Wildman–Crippen MR) is 121 cm³/mol. The standard InChI is InChI=1S/C23H23ClN4O3/c1-27-11-10-18-17(13-27)23(30)28(22(26-18)15-6-4-3-5-7-15)14-21(29)25-19-12-16(24)8-9-20(19)31-2/h3-9,12H,10-11,13-14H2,1-2H3,(H,25,29). The number of amides is 1. The molecule has 7 nitrogen and oxygen atoms in total. The van der Waals surface area contributed by atoms with Gasteiger partial charge in [-0.25, -0.2) is 4.98 Å². The maximum atomic E-state index is 13.4. The third kappa shape index (κ3) is 4.47. The van der Waals surface area contributed by atoms with Crippen LogP contribution in [0.2, 0.25) is 5.02 Å². The minimum Gasteiger partial charge on any atom is -0.495 e. The van der Waals surface area contributed by atoms with Crippen LogP contribution in [0, 0.1) is 0 Å². The lowest BCUT2D eigenvalue weighted by molar-refractivity contribution is -0.116. The van der Waals surface area contributed by atoms with Gasteiger partial charge in [0, 0.05) is 30.1 Å². The van der Waals surface area contributed by atoms with E-state index in [-0.39, 0.29) is 18.0 Å². The van der Waals surface area contributed by atoms with Crippen molar-refractivity contribution in [2.24, 2.45) is 0 Å². The summed E-state index contributed by atoms with van der Waals surface area (Å²) >= 11 is 6.06. The minimum absolute atomic E-state index is 0.178. The number of likely N-dealkylation sites (N-methyl/N-ethyl adjacent to an activating group) is 1. The van der Waals surface area contributed by atoms with E-state index in [1.807, 2.05) is 37.4 Å². The van der Waals surface area contributed by atoms with Crippen molar-refractivity contribution in [1.82, 2.24) is 14.5 Å². The summed E-state index contributed by atoms with van der Waals surface area (Å²) in [4.78, 5) is 33.2. The van der Waals surface area contributed by atoms with Gasteiger partial charge in [0.15, 0.2) is 0 Å². The molecule has 0 fully saturated rings. The molecule has 0 bridgehead atoms. The number of carbonyl (C=O) groups is 1. The molecular weight excluding hydrogens is 416 g/mol. The molecule has 31 heavy (non-hydrogen) atoms. The fraction of sp³-hybridized carbons (Fsp3) is 0.261. The molecule has 3 aromatic rings. The molecule has 1 N–H and O–H groups in total. The topological polar surface area (TPSA) is 76.5 Å². The Morgan fingerprint density at radius 3 is 2.74 bits per heavy atom. The van der Waals surface area contributed by atoms with E-state index in [9.17, 15) is 9.59 Å². The smallest absolute Gasteiger partial charge is 0.259 e. The predicted octanol–water partition coefficient (Wildman–Crippen LogP) is 3.20. The molecule has 0 saturated carbocycles. The van der Waals surface area contributed by atoms with E-state index in [0.717, 1.165) is 17.8 Å². The van der Waals surface area contributed by atoms with Crippen molar-refractivity contribution < 1.29 is 9.53 Å². The SMILES string of the molecule is COc1ccc(Cl)cc1NC(=O)Cn1c(-c2ccccc2)nc2c(c1=O)CN(C)CC2. The van der Waals surface area contributed by atoms with Crippen LogP contribution < -0.4 is 15.6 Å². The van der Waals surface area contributed by atoms with E-state index in [0.29, 0.717) is 40.8 Å². The van der Waals surface area contributed by atoms with Crippen molar-refractivity contribution >= 4 is 23.2 Å². The van der Waals surface area contributed by atoms with E-state index in [4.69, 9.17) is 21.3 Å². The molecule has 160 valence electrons. The van der Waals surface area contributed by atoms with Gasteiger partial charge in [-0.15, -0.1) is 0 Å². The number of hydrogen-bond acceptors (Lipinski definition) is 5. The molecular formula is C23H23ClN4O3. The molecule has 1 aliphatic rings. The first-order valence-corrected chi connectivity index (χ1v) is 10.3. The normalized spacial score (nSPS) is 13.5. The first-order valence-electron chi connectivity index (χ1n) is 9.96. The van der Waals surface area contributed by atoms with E-state index >= 15 is 0 Å². The zero-order valence-electron chi connectivity index (χ0n) is 17.4. The number of methoxy groups -OCH3 is 1. The molecule has 1 aliphatic heterocycles. The molecule has 2 heterocycles. The second kappa shape index (κ2) is 8.91. The number of rotatable bonds is 5. The first-order chi connectivity index (χ1) is 15.0. The lowest BCUT2D eigenvalue weighted by atomic mass is 10.1. The van der Waals surface area contributed by atoms with Gasteiger partial charge in [0.05, 0.1) is 24.1 Å². The van der Waals surface area contributed by atoms with Crippen LogP contribution in [0.4, 0.5) is 5.69 Å². The summed E-state index contributed by atoms with van der Waals surface area (Å²) in [6, 6.07) is 14.4. The van der Waals surface area contributed by atoms with Gasteiger partial charge in [0.25, 0.3) is 5.56 Å². The molecule has 1 amide bonds. The Bertz CT molecular complexity index is 1180. The summed E-state index contributed by atoms with van der Waals surface area (Å²) in [5.41, 5.74) is 2.48. The second-order valence-electron chi connectivity index (χ2n) is 7.50. The Balaban J connectivity index is 1.73. The molecule has 0 radical (unpaired) electrons. The molecule has 0 atom stereocenters. The second-order valence-corrected chi connectivity index (χ2v) is 7.93. The number of nitrogens with zero attached hydrogens (tertiary/aromatic N) is 3.